The monoisotopic (exact) mass is 734 g/mol. The standard InChI is InChI=1S/C39H58O13/c1-20-9-8-10-25-19-47-37-33(40)22(3)15-28(39(25,37)43)38(42)50-27-13-14-46-26(16-27)12-11-21(2)35(20)51-32-18-30(45-7)36(24(5)49-32)52-31-17-29(44-6)34(41)23(4)48-31/h8-11,15,20,23-24,26-37,40-41,43H,12-14,16-19H2,1-7H3/b9-8+,21-11+,25-10?/t20?,23-,24-,26+,27+,28-,29-,30-,31?,32-,33+,34-,35?,36-,37+,39?/m0/s1. The average Bonchev–Trinajstić information content (AvgIpc) is 3.46. The van der Waals surface area contributed by atoms with Crippen molar-refractivity contribution >= 4 is 5.97 Å². The number of rotatable bonds is 6. The zero-order valence-electron chi connectivity index (χ0n) is 31.4. The van der Waals surface area contributed by atoms with Gasteiger partial charge < -0.3 is 58.0 Å². The average molecular weight is 735 g/mol. The van der Waals surface area contributed by atoms with Crippen molar-refractivity contribution in [3.8, 4) is 0 Å². The lowest BCUT2D eigenvalue weighted by Gasteiger charge is -2.44. The lowest BCUT2D eigenvalue weighted by atomic mass is 9.71. The van der Waals surface area contributed by atoms with Gasteiger partial charge in [0.05, 0.1) is 49.8 Å². The van der Waals surface area contributed by atoms with E-state index < -0.39 is 72.8 Å². The van der Waals surface area contributed by atoms with Gasteiger partial charge in [-0.1, -0.05) is 37.3 Å². The van der Waals surface area contributed by atoms with Gasteiger partial charge in [0.2, 0.25) is 0 Å². The SMILES string of the molecule is CO[C@H]1CC(O[C@H]2[C@H](C)O[C@@H](OC3/C(C)=C/C[C@@H]4C[C@@H](CCO4)OC(=O)[C@@H]4C=C(C)[C@@H](O)[C@H]5OCC(=C/C=C/C3C)C54O)C[C@@H]2OC)O[C@@H](C)[C@@H]1O. The fourth-order valence-electron chi connectivity index (χ4n) is 8.54. The fraction of sp³-hybridized carbons (Fsp3) is 0.769. The van der Waals surface area contributed by atoms with E-state index in [1.807, 2.05) is 26.0 Å². The normalized spacial score (nSPS) is 47.7. The highest BCUT2D eigenvalue weighted by Crippen LogP contribution is 2.46. The lowest BCUT2D eigenvalue weighted by Crippen LogP contribution is -2.57. The molecule has 3 N–H and O–H groups in total. The second kappa shape index (κ2) is 16.8. The van der Waals surface area contributed by atoms with Crippen LogP contribution in [0.25, 0.3) is 0 Å². The van der Waals surface area contributed by atoms with Crippen molar-refractivity contribution in [2.75, 3.05) is 27.4 Å². The van der Waals surface area contributed by atoms with Gasteiger partial charge in [0, 0.05) is 45.8 Å². The number of carbonyl (C=O) groups excluding carboxylic acids is 1. The summed E-state index contributed by atoms with van der Waals surface area (Å²) in [4.78, 5) is 13.7. The Morgan fingerprint density at radius 2 is 1.60 bits per heavy atom. The van der Waals surface area contributed by atoms with Gasteiger partial charge in [-0.3, -0.25) is 4.79 Å². The van der Waals surface area contributed by atoms with Crippen LogP contribution >= 0.6 is 0 Å². The third-order valence-electron chi connectivity index (χ3n) is 11.7. The Hall–Kier alpha value is -2.01. The van der Waals surface area contributed by atoms with E-state index in [4.69, 9.17) is 42.6 Å². The number of hydrogen-bond acceptors (Lipinski definition) is 13. The Labute approximate surface area is 306 Å². The molecule has 16 atom stereocenters. The minimum atomic E-state index is -1.76. The van der Waals surface area contributed by atoms with E-state index in [0.717, 1.165) is 5.57 Å². The molecule has 0 aromatic carbocycles. The maximum Gasteiger partial charge on any atom is 0.316 e. The van der Waals surface area contributed by atoms with Crippen molar-refractivity contribution < 1.29 is 62.7 Å². The van der Waals surface area contributed by atoms with Gasteiger partial charge in [-0.2, -0.15) is 0 Å². The van der Waals surface area contributed by atoms with E-state index in [2.05, 4.69) is 13.0 Å². The van der Waals surface area contributed by atoms with Crippen molar-refractivity contribution in [2.24, 2.45) is 11.8 Å². The minimum absolute atomic E-state index is 0.0625. The van der Waals surface area contributed by atoms with Gasteiger partial charge in [-0.15, -0.1) is 0 Å². The molecule has 13 heteroatoms. The van der Waals surface area contributed by atoms with Crippen molar-refractivity contribution in [1.29, 1.82) is 0 Å². The fourth-order valence-corrected chi connectivity index (χ4v) is 8.54. The third kappa shape index (κ3) is 8.16. The number of aliphatic hydroxyl groups is 3. The van der Waals surface area contributed by atoms with Crippen LogP contribution in [-0.2, 0) is 47.4 Å². The first-order chi connectivity index (χ1) is 24.8. The summed E-state index contributed by atoms with van der Waals surface area (Å²) in [6, 6.07) is 0. The van der Waals surface area contributed by atoms with Crippen molar-refractivity contribution in [1.82, 2.24) is 0 Å². The Morgan fingerprint density at radius 1 is 0.885 bits per heavy atom. The predicted octanol–water partition coefficient (Wildman–Crippen LogP) is 3.04. The number of ether oxygens (including phenoxy) is 9. The van der Waals surface area contributed by atoms with Crippen LogP contribution in [0, 0.1) is 11.8 Å². The Balaban J connectivity index is 1.23. The molecule has 292 valence electrons. The molecule has 5 heterocycles. The lowest BCUT2D eigenvalue weighted by molar-refractivity contribution is -0.318. The molecule has 0 aromatic heterocycles. The van der Waals surface area contributed by atoms with E-state index >= 15 is 0 Å². The highest BCUT2D eigenvalue weighted by molar-refractivity contribution is 5.78. The van der Waals surface area contributed by atoms with Crippen molar-refractivity contribution in [3.63, 3.8) is 0 Å². The zero-order chi connectivity index (χ0) is 37.3. The molecule has 6 rings (SSSR count). The largest absolute Gasteiger partial charge is 0.462 e. The van der Waals surface area contributed by atoms with Gasteiger partial charge in [-0.05, 0) is 50.8 Å². The number of hydrogen-bond donors (Lipinski definition) is 3. The number of fused-ring (bicyclic) bond motifs is 2. The van der Waals surface area contributed by atoms with E-state index in [1.165, 1.54) is 0 Å². The molecular weight excluding hydrogens is 676 g/mol. The van der Waals surface area contributed by atoms with Crippen molar-refractivity contribution in [2.45, 2.75) is 152 Å². The molecule has 2 bridgehead atoms. The van der Waals surface area contributed by atoms with Crippen LogP contribution in [0.5, 0.6) is 0 Å². The number of methoxy groups -OCH3 is 2. The summed E-state index contributed by atoms with van der Waals surface area (Å²) >= 11 is 0. The number of allylic oxidation sites excluding steroid dienone is 2. The van der Waals surface area contributed by atoms with Crippen LogP contribution < -0.4 is 0 Å². The summed E-state index contributed by atoms with van der Waals surface area (Å²) in [5.41, 5.74) is 0.289. The molecule has 4 saturated heterocycles. The highest BCUT2D eigenvalue weighted by atomic mass is 16.7. The van der Waals surface area contributed by atoms with Crippen LogP contribution in [0.1, 0.15) is 66.7 Å². The first kappa shape index (κ1) is 39.7. The number of aliphatic hydroxyl groups excluding tert-OH is 2. The quantitative estimate of drug-likeness (QED) is 0.270. The summed E-state index contributed by atoms with van der Waals surface area (Å²) < 4.78 is 55.0. The smallest absolute Gasteiger partial charge is 0.316 e. The first-order valence-electron chi connectivity index (χ1n) is 18.8. The molecule has 0 spiro atoms. The van der Waals surface area contributed by atoms with E-state index in [9.17, 15) is 20.1 Å². The molecule has 13 nitrogen and oxygen atoms in total. The van der Waals surface area contributed by atoms with Gasteiger partial charge in [0.1, 0.15) is 42.0 Å². The third-order valence-corrected chi connectivity index (χ3v) is 11.7. The molecule has 0 saturated carbocycles. The van der Waals surface area contributed by atoms with Gasteiger partial charge in [0.25, 0.3) is 0 Å². The second-order valence-electron chi connectivity index (χ2n) is 15.3. The van der Waals surface area contributed by atoms with Crippen LogP contribution in [0.15, 0.2) is 47.1 Å². The van der Waals surface area contributed by atoms with Crippen LogP contribution in [0.4, 0.5) is 0 Å². The molecular formula is C39H58O13. The molecule has 6 aliphatic rings. The molecule has 4 unspecified atom stereocenters. The number of carbonyl (C=O) groups is 1. The molecule has 0 radical (unpaired) electrons. The molecule has 0 aromatic rings. The van der Waals surface area contributed by atoms with Crippen LogP contribution in [-0.4, -0.2) is 134 Å². The van der Waals surface area contributed by atoms with E-state index in [0.29, 0.717) is 49.9 Å². The Bertz CT molecular complexity index is 1380. The van der Waals surface area contributed by atoms with Crippen molar-refractivity contribution in [3.05, 3.63) is 47.1 Å². The first-order valence-corrected chi connectivity index (χ1v) is 18.8. The molecule has 5 aliphatic heterocycles. The summed E-state index contributed by atoms with van der Waals surface area (Å²) in [6.45, 7) is 10.1. The van der Waals surface area contributed by atoms with Gasteiger partial charge >= 0.3 is 5.97 Å². The van der Waals surface area contributed by atoms with Gasteiger partial charge in [0.15, 0.2) is 12.6 Å². The maximum absolute atomic E-state index is 13.7. The topological polar surface area (TPSA) is 161 Å². The molecule has 52 heavy (non-hydrogen) atoms. The Morgan fingerprint density at radius 3 is 2.35 bits per heavy atom. The summed E-state index contributed by atoms with van der Waals surface area (Å²) in [6.07, 6.45) is 4.85. The summed E-state index contributed by atoms with van der Waals surface area (Å²) in [5.74, 6) is -1.70. The predicted molar refractivity (Wildman–Crippen MR) is 187 cm³/mol. The highest BCUT2D eigenvalue weighted by Gasteiger charge is 2.59. The summed E-state index contributed by atoms with van der Waals surface area (Å²) in [5, 5.41) is 33.5. The van der Waals surface area contributed by atoms with E-state index in [1.54, 1.807) is 40.2 Å². The second-order valence-corrected chi connectivity index (χ2v) is 15.3. The Kier molecular flexibility index (Phi) is 12.8. The maximum atomic E-state index is 13.7. The molecule has 0 amide bonds. The van der Waals surface area contributed by atoms with Crippen LogP contribution in [0.3, 0.4) is 0 Å². The molecule has 1 aliphatic carbocycles. The summed E-state index contributed by atoms with van der Waals surface area (Å²) in [7, 11) is 3.21. The zero-order valence-corrected chi connectivity index (χ0v) is 31.4. The minimum Gasteiger partial charge on any atom is -0.462 e. The van der Waals surface area contributed by atoms with E-state index in [-0.39, 0.29) is 36.9 Å². The van der Waals surface area contributed by atoms with Crippen LogP contribution in [0.2, 0.25) is 0 Å². The molecule has 4 fully saturated rings. The number of esters is 1. The van der Waals surface area contributed by atoms with Gasteiger partial charge in [-0.25, -0.2) is 0 Å².